The summed E-state index contributed by atoms with van der Waals surface area (Å²) >= 11 is 17.6. The minimum absolute atomic E-state index is 0.0729. The lowest BCUT2D eigenvalue weighted by Crippen LogP contribution is -2.61. The molecule has 9 nitrogen and oxygen atoms in total. The van der Waals surface area contributed by atoms with Gasteiger partial charge < -0.3 is 23.7 Å². The van der Waals surface area contributed by atoms with Crippen LogP contribution in [0, 0.1) is 5.41 Å². The molecule has 1 N–H and O–H groups in total. The highest BCUT2D eigenvalue weighted by atomic mass is 35.6. The molecule has 0 saturated carbocycles. The lowest BCUT2D eigenvalue weighted by atomic mass is 9.96. The van der Waals surface area contributed by atoms with Crippen LogP contribution in [-0.4, -0.2) is 46.9 Å². The molecular formula is C29H29Cl3N4O5. The van der Waals surface area contributed by atoms with E-state index >= 15 is 0 Å². The van der Waals surface area contributed by atoms with E-state index in [9.17, 15) is 5.53 Å². The Morgan fingerprint density at radius 2 is 1.29 bits per heavy atom. The molecule has 3 aromatic rings. The smallest absolute Gasteiger partial charge is 0.265 e. The molecule has 5 atom stereocenters. The third-order valence-corrected chi connectivity index (χ3v) is 6.77. The van der Waals surface area contributed by atoms with Crippen LogP contribution >= 0.6 is 34.8 Å². The molecular weight excluding hydrogens is 591 g/mol. The van der Waals surface area contributed by atoms with Gasteiger partial charge in [-0.15, -0.1) is 0 Å². The Balaban J connectivity index is 1.63. The van der Waals surface area contributed by atoms with Crippen molar-refractivity contribution in [2.24, 2.45) is 5.11 Å². The maximum Gasteiger partial charge on any atom is 0.265 e. The topological polar surface area (TPSA) is 119 Å². The second kappa shape index (κ2) is 15.4. The van der Waals surface area contributed by atoms with Crippen molar-refractivity contribution in [2.75, 3.05) is 6.61 Å². The Bertz CT molecular complexity index is 1280. The number of nitrogens with zero attached hydrogens (tertiary/aromatic N) is 3. The van der Waals surface area contributed by atoms with Crippen molar-refractivity contribution in [3.63, 3.8) is 0 Å². The summed E-state index contributed by atoms with van der Waals surface area (Å²) in [4.78, 5) is 2.99. The average Bonchev–Trinajstić information content (AvgIpc) is 2.98. The van der Waals surface area contributed by atoms with Gasteiger partial charge in [0.2, 0.25) is 12.2 Å². The third-order valence-electron chi connectivity index (χ3n) is 6.26. The Kier molecular flexibility index (Phi) is 11.7. The van der Waals surface area contributed by atoms with Gasteiger partial charge in [0.25, 0.3) is 3.79 Å². The first-order chi connectivity index (χ1) is 19.8. The number of azide groups is 1. The van der Waals surface area contributed by atoms with Crippen molar-refractivity contribution in [1.29, 1.82) is 5.41 Å². The van der Waals surface area contributed by atoms with Gasteiger partial charge in [0.15, 0.2) is 0 Å². The summed E-state index contributed by atoms with van der Waals surface area (Å²) in [6.07, 6.45) is -3.72. The standard InChI is InChI=1S/C29H29Cl3N4O5/c30-29(31,32)28(33)41-27-24(35-36-34)26(39-18-22-14-8-3-9-15-22)25(38-17-21-12-6-2-7-13-21)23(40-27)19-37-16-20-10-4-1-5-11-20/h1-15,23-27,33H,16-19H2/t23?,24?,25-,26-,27+/m1/s1. The van der Waals surface area contributed by atoms with Gasteiger partial charge in [0.05, 0.1) is 26.4 Å². The van der Waals surface area contributed by atoms with Crippen LogP contribution in [0.4, 0.5) is 0 Å². The fourth-order valence-electron chi connectivity index (χ4n) is 4.28. The number of rotatable bonds is 12. The zero-order chi connectivity index (χ0) is 29.1. The molecule has 0 bridgehead atoms. The highest BCUT2D eigenvalue weighted by Crippen LogP contribution is 2.34. The summed E-state index contributed by atoms with van der Waals surface area (Å²) in [6.45, 7) is 0.800. The SMILES string of the molecule is [N-]=[N+]=NC1[C@H](OC(=N)C(Cl)(Cl)Cl)OC(COCc2ccccc2)[C@@H](OCc2ccccc2)[C@@H]1OCc1ccccc1. The Morgan fingerprint density at radius 1 is 0.805 bits per heavy atom. The van der Waals surface area contributed by atoms with E-state index in [1.54, 1.807) is 0 Å². The monoisotopic (exact) mass is 618 g/mol. The van der Waals surface area contributed by atoms with Gasteiger partial charge in [-0.25, -0.2) is 0 Å². The molecule has 12 heteroatoms. The zero-order valence-corrected chi connectivity index (χ0v) is 24.2. The summed E-state index contributed by atoms with van der Waals surface area (Å²) in [5.41, 5.74) is 12.2. The van der Waals surface area contributed by atoms with Crippen molar-refractivity contribution in [2.45, 2.75) is 54.3 Å². The van der Waals surface area contributed by atoms with Crippen molar-refractivity contribution in [1.82, 2.24) is 0 Å². The van der Waals surface area contributed by atoms with Gasteiger partial charge in [-0.05, 0) is 22.2 Å². The van der Waals surface area contributed by atoms with Crippen LogP contribution in [-0.2, 0) is 43.5 Å². The number of hydrogen-bond acceptors (Lipinski definition) is 7. The molecule has 3 aromatic carbocycles. The van der Waals surface area contributed by atoms with Crippen LogP contribution in [0.2, 0.25) is 0 Å². The van der Waals surface area contributed by atoms with Crippen molar-refractivity contribution in [3.8, 4) is 0 Å². The molecule has 0 radical (unpaired) electrons. The van der Waals surface area contributed by atoms with Gasteiger partial charge in [-0.1, -0.05) is 131 Å². The van der Waals surface area contributed by atoms with E-state index in [2.05, 4.69) is 10.0 Å². The molecule has 216 valence electrons. The van der Waals surface area contributed by atoms with Gasteiger partial charge in [0.1, 0.15) is 24.4 Å². The quantitative estimate of drug-likeness (QED) is 0.0577. The third kappa shape index (κ3) is 9.33. The maximum atomic E-state index is 9.46. The molecule has 2 unspecified atom stereocenters. The minimum Gasteiger partial charge on any atom is -0.448 e. The molecule has 0 aliphatic carbocycles. The summed E-state index contributed by atoms with van der Waals surface area (Å²) < 4.78 is 28.4. The number of ether oxygens (including phenoxy) is 5. The van der Waals surface area contributed by atoms with Crippen LogP contribution in [0.1, 0.15) is 16.7 Å². The highest BCUT2D eigenvalue weighted by Gasteiger charge is 2.50. The van der Waals surface area contributed by atoms with Gasteiger partial charge >= 0.3 is 0 Å². The molecule has 41 heavy (non-hydrogen) atoms. The van der Waals surface area contributed by atoms with E-state index in [-0.39, 0.29) is 19.8 Å². The first-order valence-electron chi connectivity index (χ1n) is 12.8. The molecule has 1 saturated heterocycles. The number of alkyl halides is 3. The van der Waals surface area contributed by atoms with E-state index in [4.69, 9.17) is 63.9 Å². The summed E-state index contributed by atoms with van der Waals surface area (Å²) in [5, 5.41) is 12.0. The maximum absolute atomic E-state index is 9.46. The average molecular weight is 620 g/mol. The van der Waals surface area contributed by atoms with Crippen molar-refractivity contribution in [3.05, 3.63) is 118 Å². The minimum atomic E-state index is -2.16. The van der Waals surface area contributed by atoms with E-state index in [1.165, 1.54) is 0 Å². The fraction of sp³-hybridized carbons (Fsp3) is 0.345. The molecule has 1 aliphatic heterocycles. The van der Waals surface area contributed by atoms with Gasteiger partial charge in [-0.3, -0.25) is 5.41 Å². The summed E-state index contributed by atoms with van der Waals surface area (Å²) in [5.74, 6) is -0.694. The first-order valence-corrected chi connectivity index (χ1v) is 13.9. The van der Waals surface area contributed by atoms with Crippen LogP contribution in [0.5, 0.6) is 0 Å². The van der Waals surface area contributed by atoms with E-state index in [0.29, 0.717) is 6.61 Å². The number of benzene rings is 3. The molecule has 1 heterocycles. The first kappa shape index (κ1) is 31.1. The van der Waals surface area contributed by atoms with Crippen LogP contribution in [0.15, 0.2) is 96.1 Å². The normalized spacial score (nSPS) is 22.5. The van der Waals surface area contributed by atoms with Crippen LogP contribution in [0.3, 0.4) is 0 Å². The highest BCUT2D eigenvalue weighted by molar-refractivity contribution is 6.76. The second-order valence-electron chi connectivity index (χ2n) is 9.21. The lowest BCUT2D eigenvalue weighted by Gasteiger charge is -2.44. The predicted molar refractivity (Wildman–Crippen MR) is 157 cm³/mol. The molecule has 1 aliphatic rings. The number of hydrogen-bond donors (Lipinski definition) is 1. The Hall–Kier alpha value is -2.85. The van der Waals surface area contributed by atoms with Crippen molar-refractivity contribution < 1.29 is 23.7 Å². The molecule has 4 rings (SSSR count). The summed E-state index contributed by atoms with van der Waals surface area (Å²) in [7, 11) is 0. The Morgan fingerprint density at radius 3 is 1.78 bits per heavy atom. The largest absolute Gasteiger partial charge is 0.448 e. The van der Waals surface area contributed by atoms with Crippen LogP contribution in [0.25, 0.3) is 10.4 Å². The van der Waals surface area contributed by atoms with Gasteiger partial charge in [0, 0.05) is 4.91 Å². The molecule has 0 spiro atoms. The zero-order valence-electron chi connectivity index (χ0n) is 21.9. The van der Waals surface area contributed by atoms with Crippen molar-refractivity contribution >= 4 is 40.7 Å². The van der Waals surface area contributed by atoms with Crippen LogP contribution < -0.4 is 0 Å². The molecule has 1 fully saturated rings. The van der Waals surface area contributed by atoms with E-state index in [0.717, 1.165) is 16.7 Å². The Labute approximate surface area is 253 Å². The molecule has 0 amide bonds. The number of nitrogens with one attached hydrogen (secondary N) is 1. The lowest BCUT2D eigenvalue weighted by molar-refractivity contribution is -0.269. The predicted octanol–water partition coefficient (Wildman–Crippen LogP) is 7.14. The summed E-state index contributed by atoms with van der Waals surface area (Å²) in [6, 6.07) is 27.7. The van der Waals surface area contributed by atoms with E-state index < -0.39 is 40.3 Å². The van der Waals surface area contributed by atoms with Gasteiger partial charge in [-0.2, -0.15) is 0 Å². The number of halogens is 3. The fourth-order valence-corrected chi connectivity index (χ4v) is 4.42. The molecule has 0 aromatic heterocycles. The second-order valence-corrected chi connectivity index (χ2v) is 11.5. The van der Waals surface area contributed by atoms with E-state index in [1.807, 2.05) is 91.0 Å².